The van der Waals surface area contributed by atoms with Crippen molar-refractivity contribution in [3.8, 4) is 9.75 Å². The minimum absolute atomic E-state index is 0.470. The summed E-state index contributed by atoms with van der Waals surface area (Å²) in [6.45, 7) is 5.28. The topological polar surface area (TPSA) is 48.8 Å². The van der Waals surface area contributed by atoms with Gasteiger partial charge in [0.05, 0.1) is 11.4 Å². The lowest BCUT2D eigenvalue weighted by Gasteiger charge is -2.11. The Bertz CT molecular complexity index is 2150. The van der Waals surface area contributed by atoms with Gasteiger partial charge in [0, 0.05) is 71.2 Å². The molecule has 0 radical (unpaired) electrons. The molecule has 7 rings (SSSR count). The lowest BCUT2D eigenvalue weighted by Crippen LogP contribution is -2.08. The van der Waals surface area contributed by atoms with Crippen molar-refractivity contribution >= 4 is 75.3 Å². The Hall–Kier alpha value is -5.34. The molecule has 4 aromatic carbocycles. The minimum Gasteiger partial charge on any atom is -0.384 e. The number of nitrogens with zero attached hydrogens (tertiary/aromatic N) is 2. The van der Waals surface area contributed by atoms with Crippen LogP contribution < -0.4 is 10.6 Å². The standard InChI is InChI=1S/C24H22N2S2.C20H18N2S/c1-18(16-25-19-8-4-2-5-9-19)22-14-15-24(28-22)23-13-12-21(27-23)17-26-20-10-6-3-7-11-20;1-16(22-18-10-6-3-7-11-18)14-19-12-13-20(23-19)15-21-17-8-4-2-5-9-17/h2-15,17-18,25H,16H2,1H3;2-15,22H,1H3/b;16-14+,21-15?. The number of allylic oxidation sites excluding steroid dienone is 1. The van der Waals surface area contributed by atoms with Crippen LogP contribution in [-0.4, -0.2) is 19.0 Å². The van der Waals surface area contributed by atoms with Gasteiger partial charge < -0.3 is 10.6 Å². The molecule has 0 aliphatic heterocycles. The Morgan fingerprint density at radius 2 is 1.04 bits per heavy atom. The van der Waals surface area contributed by atoms with E-state index in [9.17, 15) is 0 Å². The summed E-state index contributed by atoms with van der Waals surface area (Å²) in [6, 6.07) is 53.7. The van der Waals surface area contributed by atoms with E-state index in [-0.39, 0.29) is 0 Å². The Morgan fingerprint density at radius 1 is 0.549 bits per heavy atom. The van der Waals surface area contributed by atoms with Crippen molar-refractivity contribution < 1.29 is 0 Å². The molecular formula is C44H40N4S3. The number of hydrogen-bond acceptors (Lipinski definition) is 7. The van der Waals surface area contributed by atoms with E-state index < -0.39 is 0 Å². The molecule has 1 unspecified atom stereocenters. The van der Waals surface area contributed by atoms with Crippen molar-refractivity contribution in [3.63, 3.8) is 0 Å². The summed E-state index contributed by atoms with van der Waals surface area (Å²) in [6.07, 6.45) is 6.01. The third-order valence-electron chi connectivity index (χ3n) is 7.68. The summed E-state index contributed by atoms with van der Waals surface area (Å²) in [4.78, 5) is 16.6. The minimum atomic E-state index is 0.470. The molecule has 51 heavy (non-hydrogen) atoms. The van der Waals surface area contributed by atoms with Gasteiger partial charge in [0.1, 0.15) is 0 Å². The van der Waals surface area contributed by atoms with Crippen LogP contribution >= 0.6 is 34.0 Å². The van der Waals surface area contributed by atoms with Crippen molar-refractivity contribution in [3.05, 3.63) is 183 Å². The fourth-order valence-electron chi connectivity index (χ4n) is 5.05. The van der Waals surface area contributed by atoms with Crippen LogP contribution in [0.2, 0.25) is 0 Å². The molecule has 0 spiro atoms. The number of anilines is 2. The van der Waals surface area contributed by atoms with E-state index in [0.29, 0.717) is 5.92 Å². The SMILES string of the molecule is C/C(=C\c1ccc(C=Nc2ccccc2)s1)Nc1ccccc1.CC(CNc1ccccc1)c1ccc(-c2ccc(C=Nc3ccccc3)s2)s1. The fourth-order valence-corrected chi connectivity index (χ4v) is 7.97. The van der Waals surface area contributed by atoms with Gasteiger partial charge in [-0.25, -0.2) is 0 Å². The average molecular weight is 721 g/mol. The second-order valence-electron chi connectivity index (χ2n) is 11.8. The van der Waals surface area contributed by atoms with Crippen LogP contribution in [0.15, 0.2) is 173 Å². The molecule has 0 aliphatic rings. The van der Waals surface area contributed by atoms with Gasteiger partial charge in [-0.1, -0.05) is 79.7 Å². The molecule has 3 aromatic heterocycles. The van der Waals surface area contributed by atoms with Gasteiger partial charge in [0.2, 0.25) is 0 Å². The molecular weight excluding hydrogens is 681 g/mol. The number of thiophene rings is 3. The number of hydrogen-bond donors (Lipinski definition) is 2. The number of para-hydroxylation sites is 4. The molecule has 2 N–H and O–H groups in total. The maximum atomic E-state index is 4.55. The van der Waals surface area contributed by atoms with Crippen molar-refractivity contribution in [1.29, 1.82) is 0 Å². The van der Waals surface area contributed by atoms with Gasteiger partial charge >= 0.3 is 0 Å². The van der Waals surface area contributed by atoms with E-state index in [0.717, 1.165) is 34.2 Å². The molecule has 7 heteroatoms. The van der Waals surface area contributed by atoms with Crippen molar-refractivity contribution in [2.75, 3.05) is 17.2 Å². The van der Waals surface area contributed by atoms with Crippen molar-refractivity contribution in [1.82, 2.24) is 0 Å². The van der Waals surface area contributed by atoms with Gasteiger partial charge in [-0.3, -0.25) is 9.98 Å². The zero-order valence-electron chi connectivity index (χ0n) is 28.6. The summed E-state index contributed by atoms with van der Waals surface area (Å²) in [5.41, 5.74) is 5.34. The van der Waals surface area contributed by atoms with Crippen LogP contribution in [0.4, 0.5) is 22.7 Å². The molecule has 0 bridgehead atoms. The van der Waals surface area contributed by atoms with Gasteiger partial charge in [-0.05, 0) is 97.9 Å². The molecule has 1 atom stereocenters. The first-order valence-electron chi connectivity index (χ1n) is 16.8. The van der Waals surface area contributed by atoms with Crippen molar-refractivity contribution in [2.24, 2.45) is 9.98 Å². The van der Waals surface area contributed by atoms with Gasteiger partial charge in [-0.15, -0.1) is 34.0 Å². The van der Waals surface area contributed by atoms with Gasteiger partial charge in [0.25, 0.3) is 0 Å². The number of benzene rings is 4. The van der Waals surface area contributed by atoms with Gasteiger partial charge in [-0.2, -0.15) is 0 Å². The van der Waals surface area contributed by atoms with Crippen LogP contribution in [0.25, 0.3) is 15.8 Å². The lowest BCUT2D eigenvalue weighted by atomic mass is 10.1. The molecule has 0 fully saturated rings. The highest BCUT2D eigenvalue weighted by Crippen LogP contribution is 2.36. The Morgan fingerprint density at radius 3 is 1.67 bits per heavy atom. The predicted molar refractivity (Wildman–Crippen MR) is 226 cm³/mol. The molecule has 254 valence electrons. The molecule has 0 saturated heterocycles. The maximum Gasteiger partial charge on any atom is 0.0630 e. The van der Waals surface area contributed by atoms with E-state index in [1.165, 1.54) is 30.1 Å². The summed E-state index contributed by atoms with van der Waals surface area (Å²) in [5.74, 6) is 0.470. The first kappa shape index (κ1) is 35.5. The maximum absolute atomic E-state index is 4.55. The average Bonchev–Trinajstić information content (AvgIpc) is 3.96. The normalized spacial score (nSPS) is 12.1. The smallest absolute Gasteiger partial charge is 0.0630 e. The molecule has 3 heterocycles. The number of nitrogens with one attached hydrogen (secondary N) is 2. The third-order valence-corrected chi connectivity index (χ3v) is 11.2. The van der Waals surface area contributed by atoms with E-state index in [4.69, 9.17) is 0 Å². The lowest BCUT2D eigenvalue weighted by molar-refractivity contribution is 0.823. The Labute approximate surface area is 313 Å². The van der Waals surface area contributed by atoms with Crippen molar-refractivity contribution in [2.45, 2.75) is 19.8 Å². The Balaban J connectivity index is 0.000000179. The first-order chi connectivity index (χ1) is 25.1. The van der Waals surface area contributed by atoms with Crippen LogP contribution in [0.1, 0.15) is 39.3 Å². The predicted octanol–water partition coefficient (Wildman–Crippen LogP) is 13.4. The summed E-state index contributed by atoms with van der Waals surface area (Å²) in [7, 11) is 0. The zero-order chi connectivity index (χ0) is 35.1. The highest BCUT2D eigenvalue weighted by Gasteiger charge is 2.11. The number of rotatable bonds is 12. The van der Waals surface area contributed by atoms with E-state index in [2.05, 4.69) is 113 Å². The molecule has 0 amide bonds. The molecule has 7 aromatic rings. The van der Waals surface area contributed by atoms with Crippen LogP contribution in [0.3, 0.4) is 0 Å². The zero-order valence-corrected chi connectivity index (χ0v) is 31.1. The first-order valence-corrected chi connectivity index (χ1v) is 19.3. The third kappa shape index (κ3) is 11.3. The summed E-state index contributed by atoms with van der Waals surface area (Å²) >= 11 is 5.39. The van der Waals surface area contributed by atoms with Crippen LogP contribution in [0.5, 0.6) is 0 Å². The summed E-state index contributed by atoms with van der Waals surface area (Å²) < 4.78 is 0. The van der Waals surface area contributed by atoms with Crippen LogP contribution in [0, 0.1) is 0 Å². The van der Waals surface area contributed by atoms with E-state index >= 15 is 0 Å². The molecule has 4 nitrogen and oxygen atoms in total. The quantitative estimate of drug-likeness (QED) is 0.123. The largest absolute Gasteiger partial charge is 0.384 e. The molecule has 0 aliphatic carbocycles. The number of aliphatic imine (C=N–C) groups is 2. The highest BCUT2D eigenvalue weighted by molar-refractivity contribution is 7.23. The summed E-state index contributed by atoms with van der Waals surface area (Å²) in [5, 5.41) is 6.91. The highest BCUT2D eigenvalue weighted by atomic mass is 32.1. The fraction of sp³-hybridized carbons (Fsp3) is 0.0909. The monoisotopic (exact) mass is 720 g/mol. The van der Waals surface area contributed by atoms with Crippen LogP contribution in [-0.2, 0) is 0 Å². The van der Waals surface area contributed by atoms with E-state index in [1.54, 1.807) is 22.7 Å². The van der Waals surface area contributed by atoms with Gasteiger partial charge in [0.15, 0.2) is 0 Å². The van der Waals surface area contributed by atoms with E-state index in [1.807, 2.05) is 109 Å². The molecule has 0 saturated carbocycles. The second kappa shape index (κ2) is 18.6. The Kier molecular flexibility index (Phi) is 12.9. The second-order valence-corrected chi connectivity index (χ2v) is 15.2.